The number of hydrogen-bond donors (Lipinski definition) is 5. The number of thiophene rings is 1. The number of pyridine rings is 1. The van der Waals surface area contributed by atoms with E-state index in [9.17, 15) is 18.0 Å². The van der Waals surface area contributed by atoms with Gasteiger partial charge in [-0.1, -0.05) is 6.07 Å². The summed E-state index contributed by atoms with van der Waals surface area (Å²) in [5.41, 5.74) is 6.86. The van der Waals surface area contributed by atoms with Crippen LogP contribution in [0.15, 0.2) is 38.6 Å². The van der Waals surface area contributed by atoms with Crippen LogP contribution < -0.4 is 26.8 Å². The lowest BCUT2D eigenvalue weighted by molar-refractivity contribution is -0.122. The summed E-state index contributed by atoms with van der Waals surface area (Å²) in [6, 6.07) is 5.92. The predicted molar refractivity (Wildman–Crippen MR) is 105 cm³/mol. The minimum atomic E-state index is -3.87. The zero-order chi connectivity index (χ0) is 20.7. The van der Waals surface area contributed by atoms with Gasteiger partial charge in [0.25, 0.3) is 15.6 Å². The standard InChI is InChI=1S/C15H20N6O5S2/c1-10-4-5-11(20-28(24,25)13-3-2-8-27-13)14(23)21(10)9-12(22)18-6-7-26-19-15(16)17/h2-5,8,20H,6-7,9H2,1H3,(H,18,22)(H4,16,17,19). The zero-order valence-corrected chi connectivity index (χ0v) is 16.5. The lowest BCUT2D eigenvalue weighted by Gasteiger charge is -2.13. The Morgan fingerprint density at radius 1 is 1.36 bits per heavy atom. The van der Waals surface area contributed by atoms with E-state index in [0.717, 1.165) is 15.9 Å². The molecule has 2 aromatic rings. The lowest BCUT2D eigenvalue weighted by Crippen LogP contribution is -2.37. The van der Waals surface area contributed by atoms with E-state index in [1.165, 1.54) is 12.1 Å². The quantitative estimate of drug-likeness (QED) is 0.156. The highest BCUT2D eigenvalue weighted by Crippen LogP contribution is 2.18. The van der Waals surface area contributed by atoms with Crippen LogP contribution in [0, 0.1) is 12.3 Å². The van der Waals surface area contributed by atoms with Gasteiger partial charge in [0, 0.05) is 12.2 Å². The van der Waals surface area contributed by atoms with Crippen LogP contribution in [0.2, 0.25) is 0 Å². The highest BCUT2D eigenvalue weighted by molar-refractivity contribution is 7.94. The normalized spacial score (nSPS) is 11.0. The summed E-state index contributed by atoms with van der Waals surface area (Å²) < 4.78 is 28.1. The molecule has 6 N–H and O–H groups in total. The average molecular weight is 428 g/mol. The van der Waals surface area contributed by atoms with Crippen LogP contribution >= 0.6 is 11.3 Å². The van der Waals surface area contributed by atoms with Crippen LogP contribution in [0.3, 0.4) is 0 Å². The van der Waals surface area contributed by atoms with E-state index < -0.39 is 21.5 Å². The topological polar surface area (TPSA) is 168 Å². The third-order valence-corrected chi connectivity index (χ3v) is 6.17. The van der Waals surface area contributed by atoms with E-state index in [2.05, 4.69) is 15.5 Å². The Bertz CT molecular complexity index is 1000. The van der Waals surface area contributed by atoms with E-state index in [1.54, 1.807) is 24.4 Å². The van der Waals surface area contributed by atoms with Gasteiger partial charge in [0.1, 0.15) is 16.4 Å². The van der Waals surface area contributed by atoms with Crippen molar-refractivity contribution >= 4 is 38.9 Å². The molecule has 0 bridgehead atoms. The number of rotatable bonds is 9. The Morgan fingerprint density at radius 2 is 2.11 bits per heavy atom. The minimum absolute atomic E-state index is 0.0554. The molecule has 0 unspecified atom stereocenters. The fourth-order valence-electron chi connectivity index (χ4n) is 2.13. The Hall–Kier alpha value is -2.90. The molecule has 0 aromatic carbocycles. The number of nitrogens with zero attached hydrogens (tertiary/aromatic N) is 1. The van der Waals surface area contributed by atoms with Crippen molar-refractivity contribution in [3.8, 4) is 0 Å². The first kappa shape index (κ1) is 21.4. The maximum atomic E-state index is 12.6. The van der Waals surface area contributed by atoms with Crippen molar-refractivity contribution in [3.63, 3.8) is 0 Å². The third kappa shape index (κ3) is 5.80. The van der Waals surface area contributed by atoms with Crippen molar-refractivity contribution in [2.75, 3.05) is 17.9 Å². The van der Waals surface area contributed by atoms with Gasteiger partial charge in [0.05, 0.1) is 6.61 Å². The molecule has 0 saturated carbocycles. The molecule has 0 fully saturated rings. The summed E-state index contributed by atoms with van der Waals surface area (Å²) in [6.45, 7) is 1.52. The van der Waals surface area contributed by atoms with Gasteiger partial charge in [-0.05, 0) is 30.5 Å². The highest BCUT2D eigenvalue weighted by Gasteiger charge is 2.18. The van der Waals surface area contributed by atoms with Crippen LogP contribution in [0.25, 0.3) is 0 Å². The second-order valence-electron chi connectivity index (χ2n) is 5.53. The molecule has 1 amide bonds. The van der Waals surface area contributed by atoms with Crippen molar-refractivity contribution in [3.05, 3.63) is 45.7 Å². The van der Waals surface area contributed by atoms with Crippen LogP contribution in [0.4, 0.5) is 5.69 Å². The summed E-state index contributed by atoms with van der Waals surface area (Å²) in [6.07, 6.45) is 0. The molecule has 11 nitrogen and oxygen atoms in total. The summed E-state index contributed by atoms with van der Waals surface area (Å²) in [4.78, 5) is 29.5. The number of nitrogens with two attached hydrogens (primary N) is 1. The number of sulfonamides is 1. The Labute approximate surface area is 165 Å². The van der Waals surface area contributed by atoms with Crippen molar-refractivity contribution in [2.45, 2.75) is 17.7 Å². The number of anilines is 1. The number of carbonyl (C=O) groups is 1. The van der Waals surface area contributed by atoms with Crippen LogP contribution in [0.5, 0.6) is 0 Å². The molecule has 2 rings (SSSR count). The van der Waals surface area contributed by atoms with Crippen LogP contribution in [-0.2, 0) is 26.2 Å². The van der Waals surface area contributed by atoms with Gasteiger partial charge >= 0.3 is 0 Å². The highest BCUT2D eigenvalue weighted by atomic mass is 32.2. The Morgan fingerprint density at radius 3 is 2.75 bits per heavy atom. The third-order valence-electron chi connectivity index (χ3n) is 3.41. The lowest BCUT2D eigenvalue weighted by atomic mass is 10.3. The average Bonchev–Trinajstić information content (AvgIpc) is 3.16. The van der Waals surface area contributed by atoms with Crippen molar-refractivity contribution in [1.29, 1.82) is 5.41 Å². The molecule has 2 aromatic heterocycles. The van der Waals surface area contributed by atoms with Gasteiger partial charge in [-0.15, -0.1) is 11.3 Å². The first-order chi connectivity index (χ1) is 13.2. The molecule has 28 heavy (non-hydrogen) atoms. The van der Waals surface area contributed by atoms with Crippen molar-refractivity contribution in [2.24, 2.45) is 5.73 Å². The molecule has 13 heteroatoms. The molecular weight excluding hydrogens is 408 g/mol. The summed E-state index contributed by atoms with van der Waals surface area (Å²) in [5, 5.41) is 11.1. The van der Waals surface area contributed by atoms with Gasteiger partial charge in [-0.2, -0.15) is 0 Å². The maximum Gasteiger partial charge on any atom is 0.275 e. The molecule has 0 radical (unpaired) electrons. The fourth-order valence-corrected chi connectivity index (χ4v) is 4.18. The summed E-state index contributed by atoms with van der Waals surface area (Å²) >= 11 is 1.03. The monoisotopic (exact) mass is 428 g/mol. The molecule has 0 aliphatic rings. The number of hydrogen-bond acceptors (Lipinski definition) is 7. The predicted octanol–water partition coefficient (Wildman–Crippen LogP) is -0.450. The van der Waals surface area contributed by atoms with E-state index >= 15 is 0 Å². The van der Waals surface area contributed by atoms with Gasteiger partial charge in [-0.25, -0.2) is 13.9 Å². The van der Waals surface area contributed by atoms with E-state index in [4.69, 9.17) is 16.0 Å². The fraction of sp³-hybridized carbons (Fsp3) is 0.267. The molecule has 0 atom stereocenters. The van der Waals surface area contributed by atoms with Crippen molar-refractivity contribution in [1.82, 2.24) is 15.4 Å². The zero-order valence-electron chi connectivity index (χ0n) is 14.9. The molecule has 0 spiro atoms. The van der Waals surface area contributed by atoms with Crippen molar-refractivity contribution < 1.29 is 18.0 Å². The smallest absolute Gasteiger partial charge is 0.275 e. The van der Waals surface area contributed by atoms with E-state index in [0.29, 0.717) is 5.69 Å². The van der Waals surface area contributed by atoms with Gasteiger partial charge in [0.15, 0.2) is 0 Å². The second kappa shape index (κ2) is 9.34. The molecular formula is C15H20N6O5S2. The molecule has 0 aliphatic carbocycles. The van der Waals surface area contributed by atoms with Crippen LogP contribution in [-0.4, -0.2) is 38.0 Å². The van der Waals surface area contributed by atoms with Gasteiger partial charge < -0.3 is 15.6 Å². The number of guanidine groups is 1. The van der Waals surface area contributed by atoms with Gasteiger partial charge in [0.2, 0.25) is 11.9 Å². The molecule has 2 heterocycles. The minimum Gasteiger partial charge on any atom is -0.368 e. The molecule has 0 aliphatic heterocycles. The Balaban J connectivity index is 2.05. The number of aryl methyl sites for hydroxylation is 1. The van der Waals surface area contributed by atoms with Gasteiger partial charge in [-0.3, -0.25) is 24.6 Å². The number of hydroxylamine groups is 1. The summed E-state index contributed by atoms with van der Waals surface area (Å²) in [7, 11) is -3.87. The number of aromatic nitrogens is 1. The Kier molecular flexibility index (Phi) is 7.14. The largest absolute Gasteiger partial charge is 0.368 e. The number of amides is 1. The molecule has 0 saturated heterocycles. The SMILES string of the molecule is Cc1ccc(NS(=O)(=O)c2cccs2)c(=O)n1CC(=O)NCCONC(=N)N. The first-order valence-electron chi connectivity index (χ1n) is 7.96. The van der Waals surface area contributed by atoms with E-state index in [1.807, 2.05) is 0 Å². The maximum absolute atomic E-state index is 12.6. The van der Waals surface area contributed by atoms with E-state index in [-0.39, 0.29) is 35.6 Å². The molecule has 152 valence electrons. The number of carbonyl (C=O) groups excluding carboxylic acids is 1. The first-order valence-corrected chi connectivity index (χ1v) is 10.3. The van der Waals surface area contributed by atoms with Crippen LogP contribution in [0.1, 0.15) is 5.69 Å². The number of nitrogens with one attached hydrogen (secondary N) is 4. The second-order valence-corrected chi connectivity index (χ2v) is 8.39. The summed E-state index contributed by atoms with van der Waals surface area (Å²) in [5.74, 6) is -0.829.